The Morgan fingerprint density at radius 3 is 2.54 bits per heavy atom. The van der Waals surface area contributed by atoms with Gasteiger partial charge in [-0.05, 0) is 28.9 Å². The van der Waals surface area contributed by atoms with E-state index in [-0.39, 0.29) is 23.7 Å². The number of carbonyl (C=O) groups is 1. The van der Waals surface area contributed by atoms with Gasteiger partial charge in [0, 0.05) is 18.2 Å². The maximum Gasteiger partial charge on any atom is 0.280 e. The molecule has 1 N–H and O–H groups in total. The van der Waals surface area contributed by atoms with Crippen LogP contribution in [0.15, 0.2) is 39.2 Å². The number of rotatable bonds is 7. The summed E-state index contributed by atoms with van der Waals surface area (Å²) in [6.07, 6.45) is 0. The van der Waals surface area contributed by atoms with E-state index < -0.39 is 15.8 Å². The molecule has 0 bridgehead atoms. The smallest absolute Gasteiger partial charge is 0.280 e. The average Bonchev–Trinajstić information content (AvgIpc) is 3.08. The van der Waals surface area contributed by atoms with E-state index in [2.05, 4.69) is 26.5 Å². The molecule has 0 unspecified atom stereocenters. The van der Waals surface area contributed by atoms with Gasteiger partial charge < -0.3 is 4.74 Å². The molecule has 1 aromatic carbocycles. The van der Waals surface area contributed by atoms with E-state index in [4.69, 9.17) is 4.74 Å². The van der Waals surface area contributed by atoms with Crippen molar-refractivity contribution in [3.05, 3.63) is 59.2 Å². The molecule has 0 fully saturated rings. The molecule has 0 radical (unpaired) electrons. The van der Waals surface area contributed by atoms with Crippen LogP contribution in [0.25, 0.3) is 0 Å². The van der Waals surface area contributed by atoms with Gasteiger partial charge in [0.1, 0.15) is 5.75 Å². The Kier molecular flexibility index (Phi) is 6.36. The van der Waals surface area contributed by atoms with E-state index in [1.165, 1.54) is 29.6 Å². The number of amides is 1. The van der Waals surface area contributed by atoms with Crippen LogP contribution in [-0.4, -0.2) is 28.1 Å². The van der Waals surface area contributed by atoms with E-state index in [1.807, 2.05) is 0 Å². The minimum atomic E-state index is -0.555. The number of carbonyl (C=O) groups excluding carboxylic acids is 1. The molecule has 0 atom stereocenters. The summed E-state index contributed by atoms with van der Waals surface area (Å²) in [5.41, 5.74) is 2.53. The van der Waals surface area contributed by atoms with Crippen LogP contribution in [0.3, 0.4) is 0 Å². The molecule has 10 nitrogen and oxygen atoms in total. The lowest BCUT2D eigenvalue weighted by Crippen LogP contribution is -2.25. The number of hydrogen-bond donors (Lipinski definition) is 1. The number of hydrogen-bond acceptors (Lipinski definition) is 8. The molecule has 0 aliphatic rings. The molecule has 0 spiro atoms. The van der Waals surface area contributed by atoms with Crippen molar-refractivity contribution >= 4 is 50.3 Å². The zero-order valence-electron chi connectivity index (χ0n) is 13.2. The molecule has 0 aliphatic carbocycles. The number of nitrogens with zero attached hydrogens (tertiary/aromatic N) is 3. The molecule has 1 amide bonds. The third-order valence-corrected chi connectivity index (χ3v) is 4.63. The molecule has 2 aromatic rings. The number of non-ortho nitro benzene ring substituents is 1. The van der Waals surface area contributed by atoms with Crippen molar-refractivity contribution < 1.29 is 19.4 Å². The Morgan fingerprint density at radius 2 is 1.96 bits per heavy atom. The molecular formula is C14H11BrN4O6S. The topological polar surface area (TPSA) is 137 Å². The summed E-state index contributed by atoms with van der Waals surface area (Å²) in [4.78, 5) is 32.6. The van der Waals surface area contributed by atoms with E-state index in [0.717, 1.165) is 11.3 Å². The van der Waals surface area contributed by atoms with Gasteiger partial charge in [-0.3, -0.25) is 25.0 Å². The van der Waals surface area contributed by atoms with E-state index in [0.29, 0.717) is 15.1 Å². The normalized spacial score (nSPS) is 11.1. The van der Waals surface area contributed by atoms with E-state index >= 15 is 0 Å². The van der Waals surface area contributed by atoms with Crippen molar-refractivity contribution in [1.82, 2.24) is 5.43 Å². The summed E-state index contributed by atoms with van der Waals surface area (Å²) >= 11 is 4.27. The first-order chi connectivity index (χ1) is 12.3. The number of thiophene rings is 1. The van der Waals surface area contributed by atoms with Crippen LogP contribution < -0.4 is 10.2 Å². The van der Waals surface area contributed by atoms with Crippen LogP contribution in [0.1, 0.15) is 11.8 Å². The summed E-state index contributed by atoms with van der Waals surface area (Å²) in [5, 5.41) is 26.6. The lowest BCUT2D eigenvalue weighted by Gasteiger charge is -2.07. The van der Waals surface area contributed by atoms with Gasteiger partial charge in [0.2, 0.25) is 0 Å². The molecule has 1 heterocycles. The molecule has 1 aromatic heterocycles. The third kappa shape index (κ3) is 5.07. The number of nitro groups is 2. The highest BCUT2D eigenvalue weighted by molar-refractivity contribution is 9.10. The summed E-state index contributed by atoms with van der Waals surface area (Å²) in [6, 6.07) is 5.25. The molecule has 2 rings (SSSR count). The van der Waals surface area contributed by atoms with Crippen LogP contribution in [0, 0.1) is 20.2 Å². The summed E-state index contributed by atoms with van der Waals surface area (Å²) in [6.45, 7) is 1.24. The van der Waals surface area contributed by atoms with Gasteiger partial charge in [0.05, 0.1) is 30.3 Å². The molecule has 0 saturated carbocycles. The van der Waals surface area contributed by atoms with Crippen molar-refractivity contribution in [3.63, 3.8) is 0 Å². The first-order valence-corrected chi connectivity index (χ1v) is 8.58. The van der Waals surface area contributed by atoms with Gasteiger partial charge in [-0.1, -0.05) is 0 Å². The average molecular weight is 443 g/mol. The number of hydrazone groups is 1. The highest BCUT2D eigenvalue weighted by atomic mass is 79.9. The van der Waals surface area contributed by atoms with Crippen molar-refractivity contribution in [3.8, 4) is 5.75 Å². The first kappa shape index (κ1) is 19.5. The van der Waals surface area contributed by atoms with Crippen LogP contribution in [0.2, 0.25) is 0 Å². The Bertz CT molecular complexity index is 897. The molecule has 0 saturated heterocycles. The molecule has 26 heavy (non-hydrogen) atoms. The van der Waals surface area contributed by atoms with Gasteiger partial charge in [0.25, 0.3) is 17.3 Å². The standard InChI is InChI=1S/C14H11BrN4O6S/c1-8(13-5-10(7-26-13)19(23)24)16-17-14(20)6-25-12-3-2-9(18(21)22)4-11(12)15/h2-5,7H,6H2,1H3,(H,17,20). The predicted molar refractivity (Wildman–Crippen MR) is 97.6 cm³/mol. The predicted octanol–water partition coefficient (Wildman–Crippen LogP) is 3.25. The second-order valence-corrected chi connectivity index (χ2v) is 6.58. The monoisotopic (exact) mass is 442 g/mol. The molecule has 12 heteroatoms. The third-order valence-electron chi connectivity index (χ3n) is 2.99. The lowest BCUT2D eigenvalue weighted by atomic mass is 10.3. The van der Waals surface area contributed by atoms with Crippen molar-refractivity contribution in [2.75, 3.05) is 6.61 Å². The van der Waals surface area contributed by atoms with Crippen LogP contribution >= 0.6 is 27.3 Å². The van der Waals surface area contributed by atoms with Gasteiger partial charge in [-0.15, -0.1) is 11.3 Å². The van der Waals surface area contributed by atoms with Crippen LogP contribution in [0.5, 0.6) is 5.75 Å². The zero-order chi connectivity index (χ0) is 19.3. The summed E-state index contributed by atoms with van der Waals surface area (Å²) < 4.78 is 5.61. The maximum absolute atomic E-state index is 11.8. The molecule has 136 valence electrons. The largest absolute Gasteiger partial charge is 0.483 e. The minimum absolute atomic E-state index is 0.0442. The van der Waals surface area contributed by atoms with Crippen molar-refractivity contribution in [2.45, 2.75) is 6.92 Å². The Hall–Kier alpha value is -2.86. The Labute approximate surface area is 158 Å². The lowest BCUT2D eigenvalue weighted by molar-refractivity contribution is -0.385. The van der Waals surface area contributed by atoms with Crippen LogP contribution in [-0.2, 0) is 4.79 Å². The molecular weight excluding hydrogens is 432 g/mol. The Balaban J connectivity index is 1.92. The highest BCUT2D eigenvalue weighted by Gasteiger charge is 2.13. The van der Waals surface area contributed by atoms with Gasteiger partial charge in [-0.25, -0.2) is 5.43 Å². The van der Waals surface area contributed by atoms with E-state index in [9.17, 15) is 25.0 Å². The zero-order valence-corrected chi connectivity index (χ0v) is 15.6. The van der Waals surface area contributed by atoms with Gasteiger partial charge >= 0.3 is 0 Å². The number of nitrogens with one attached hydrogen (secondary N) is 1. The SMILES string of the molecule is CC(=NNC(=O)COc1ccc([N+](=O)[O-])cc1Br)c1cc([N+](=O)[O-])cs1. The van der Waals surface area contributed by atoms with Crippen LogP contribution in [0.4, 0.5) is 11.4 Å². The minimum Gasteiger partial charge on any atom is -0.483 e. The summed E-state index contributed by atoms with van der Waals surface area (Å²) in [5.74, 6) is -0.291. The first-order valence-electron chi connectivity index (χ1n) is 6.91. The van der Waals surface area contributed by atoms with Gasteiger partial charge in [0.15, 0.2) is 6.61 Å². The highest BCUT2D eigenvalue weighted by Crippen LogP contribution is 2.29. The number of nitro benzene ring substituents is 1. The Morgan fingerprint density at radius 1 is 1.27 bits per heavy atom. The fourth-order valence-corrected chi connectivity index (χ4v) is 3.00. The second kappa shape index (κ2) is 8.49. The van der Waals surface area contributed by atoms with Gasteiger partial charge in [-0.2, -0.15) is 5.10 Å². The van der Waals surface area contributed by atoms with E-state index in [1.54, 1.807) is 6.92 Å². The van der Waals surface area contributed by atoms with Crippen molar-refractivity contribution in [1.29, 1.82) is 0 Å². The number of halogens is 1. The maximum atomic E-state index is 11.8. The fourth-order valence-electron chi connectivity index (χ4n) is 1.71. The van der Waals surface area contributed by atoms with Crippen molar-refractivity contribution in [2.24, 2.45) is 5.10 Å². The second-order valence-electron chi connectivity index (χ2n) is 4.82. The number of benzene rings is 1. The fraction of sp³-hybridized carbons (Fsp3) is 0.143. The summed E-state index contributed by atoms with van der Waals surface area (Å²) in [7, 11) is 0. The number of ether oxygens (including phenoxy) is 1. The molecule has 0 aliphatic heterocycles. The quantitative estimate of drug-likeness (QED) is 0.396.